The van der Waals surface area contributed by atoms with Gasteiger partial charge < -0.3 is 14.4 Å². The van der Waals surface area contributed by atoms with Gasteiger partial charge in [0.1, 0.15) is 17.2 Å². The average Bonchev–Trinajstić information content (AvgIpc) is 3.44. The third-order valence-corrected chi connectivity index (χ3v) is 5.47. The molecule has 5 rings (SSSR count). The van der Waals surface area contributed by atoms with E-state index < -0.39 is 0 Å². The lowest BCUT2D eigenvalue weighted by Gasteiger charge is -2.21. The second-order valence-electron chi connectivity index (χ2n) is 7.15. The fraction of sp³-hybridized carbons (Fsp3) is 0.474. The maximum Gasteiger partial charge on any atom is 0.229 e. The zero-order chi connectivity index (χ0) is 17.5. The van der Waals surface area contributed by atoms with Crippen LogP contribution in [0.15, 0.2) is 24.7 Å². The highest BCUT2D eigenvalue weighted by Gasteiger charge is 2.24. The van der Waals surface area contributed by atoms with Gasteiger partial charge >= 0.3 is 0 Å². The van der Waals surface area contributed by atoms with Crippen LogP contribution < -0.4 is 9.80 Å². The molecule has 26 heavy (non-hydrogen) atoms. The van der Waals surface area contributed by atoms with E-state index in [1.165, 1.54) is 25.7 Å². The number of aryl methyl sites for hydroxylation is 1. The zero-order valence-electron chi connectivity index (χ0n) is 15.1. The second-order valence-corrected chi connectivity index (χ2v) is 7.15. The molecular weight excluding hydrogens is 326 g/mol. The Morgan fingerprint density at radius 2 is 1.62 bits per heavy atom. The van der Waals surface area contributed by atoms with E-state index in [2.05, 4.69) is 37.4 Å². The van der Waals surface area contributed by atoms with Crippen molar-refractivity contribution in [1.82, 2.24) is 24.5 Å². The van der Waals surface area contributed by atoms with Gasteiger partial charge in [-0.05, 0) is 31.7 Å². The number of hydrogen-bond acceptors (Lipinski definition) is 6. The van der Waals surface area contributed by atoms with Gasteiger partial charge in [-0.3, -0.25) is 9.97 Å². The van der Waals surface area contributed by atoms with Crippen LogP contribution in [0.4, 0.5) is 11.8 Å². The molecule has 0 bridgehead atoms. The summed E-state index contributed by atoms with van der Waals surface area (Å²) in [6, 6.07) is 2.17. The minimum absolute atomic E-state index is 0.864. The van der Waals surface area contributed by atoms with E-state index in [1.54, 1.807) is 18.6 Å². The average molecular weight is 349 g/mol. The van der Waals surface area contributed by atoms with Crippen LogP contribution in [0.5, 0.6) is 0 Å². The van der Waals surface area contributed by atoms with Crippen molar-refractivity contribution in [3.8, 4) is 11.4 Å². The maximum atomic E-state index is 5.00. The molecule has 0 saturated carbocycles. The fourth-order valence-electron chi connectivity index (χ4n) is 4.07. The van der Waals surface area contributed by atoms with E-state index in [0.717, 1.165) is 60.4 Å². The largest absolute Gasteiger partial charge is 0.356 e. The van der Waals surface area contributed by atoms with Crippen LogP contribution in [0.2, 0.25) is 0 Å². The van der Waals surface area contributed by atoms with Crippen molar-refractivity contribution in [2.75, 3.05) is 36.0 Å². The summed E-state index contributed by atoms with van der Waals surface area (Å²) in [5.41, 5.74) is 2.87. The van der Waals surface area contributed by atoms with Gasteiger partial charge in [-0.2, -0.15) is 9.97 Å². The topological polar surface area (TPSA) is 63.0 Å². The van der Waals surface area contributed by atoms with Crippen molar-refractivity contribution in [3.63, 3.8) is 0 Å². The summed E-state index contributed by atoms with van der Waals surface area (Å²) >= 11 is 0. The normalized spacial score (nSPS) is 17.6. The Morgan fingerprint density at radius 3 is 2.31 bits per heavy atom. The van der Waals surface area contributed by atoms with E-state index in [1.807, 2.05) is 0 Å². The Balaban J connectivity index is 1.71. The first-order chi connectivity index (χ1) is 12.8. The third-order valence-electron chi connectivity index (χ3n) is 5.47. The van der Waals surface area contributed by atoms with Crippen molar-refractivity contribution in [1.29, 1.82) is 0 Å². The summed E-state index contributed by atoms with van der Waals surface area (Å²) in [6.45, 7) is 4.24. The molecule has 0 radical (unpaired) electrons. The molecule has 0 N–H and O–H groups in total. The molecule has 0 unspecified atom stereocenters. The molecule has 2 fully saturated rings. The van der Waals surface area contributed by atoms with Crippen LogP contribution >= 0.6 is 0 Å². The summed E-state index contributed by atoms with van der Waals surface area (Å²) in [6.07, 6.45) is 10.1. The molecule has 3 aromatic rings. The lowest BCUT2D eigenvalue weighted by molar-refractivity contribution is 0.869. The maximum absolute atomic E-state index is 5.00. The first kappa shape index (κ1) is 15.5. The lowest BCUT2D eigenvalue weighted by atomic mass is 10.3. The van der Waals surface area contributed by atoms with Crippen LogP contribution in [0.3, 0.4) is 0 Å². The van der Waals surface area contributed by atoms with Gasteiger partial charge in [0.15, 0.2) is 0 Å². The molecule has 7 nitrogen and oxygen atoms in total. The smallest absolute Gasteiger partial charge is 0.229 e. The van der Waals surface area contributed by atoms with E-state index >= 15 is 0 Å². The van der Waals surface area contributed by atoms with E-state index in [0.29, 0.717) is 0 Å². The molecule has 2 aliphatic rings. The highest BCUT2D eigenvalue weighted by molar-refractivity contribution is 5.93. The summed E-state index contributed by atoms with van der Waals surface area (Å²) in [4.78, 5) is 23.4. The van der Waals surface area contributed by atoms with Gasteiger partial charge in [0, 0.05) is 45.6 Å². The first-order valence-corrected chi connectivity index (χ1v) is 9.45. The second kappa shape index (κ2) is 6.23. The minimum Gasteiger partial charge on any atom is -0.356 e. The lowest BCUT2D eigenvalue weighted by Crippen LogP contribution is -2.24. The van der Waals surface area contributed by atoms with Crippen LogP contribution in [0, 0.1) is 0 Å². The van der Waals surface area contributed by atoms with Gasteiger partial charge in [0.25, 0.3) is 0 Å². The molecule has 5 heterocycles. The molecule has 0 aromatic carbocycles. The summed E-state index contributed by atoms with van der Waals surface area (Å²) in [5.74, 6) is 1.93. The molecule has 134 valence electrons. The van der Waals surface area contributed by atoms with Gasteiger partial charge in [0.05, 0.1) is 17.3 Å². The fourth-order valence-corrected chi connectivity index (χ4v) is 4.07. The van der Waals surface area contributed by atoms with E-state index in [9.17, 15) is 0 Å². The zero-order valence-corrected chi connectivity index (χ0v) is 15.1. The third kappa shape index (κ3) is 2.50. The van der Waals surface area contributed by atoms with Crippen molar-refractivity contribution < 1.29 is 0 Å². The van der Waals surface area contributed by atoms with Gasteiger partial charge in [-0.25, -0.2) is 0 Å². The van der Waals surface area contributed by atoms with Crippen molar-refractivity contribution >= 4 is 22.8 Å². The van der Waals surface area contributed by atoms with Crippen molar-refractivity contribution in [3.05, 3.63) is 24.7 Å². The SMILES string of the molecule is Cn1c(-c2cnccn2)cc2c(N3CCCC3)nc(N3CCCC3)nc21. The Hall–Kier alpha value is -2.70. The first-order valence-electron chi connectivity index (χ1n) is 9.45. The summed E-state index contributed by atoms with van der Waals surface area (Å²) in [7, 11) is 2.06. The van der Waals surface area contributed by atoms with Crippen LogP contribution in [-0.4, -0.2) is 50.7 Å². The van der Waals surface area contributed by atoms with E-state index in [4.69, 9.17) is 9.97 Å². The van der Waals surface area contributed by atoms with Crippen LogP contribution in [0.25, 0.3) is 22.4 Å². The Kier molecular flexibility index (Phi) is 3.72. The van der Waals surface area contributed by atoms with Gasteiger partial charge in [-0.1, -0.05) is 0 Å². The number of rotatable bonds is 3. The molecule has 2 saturated heterocycles. The molecule has 7 heteroatoms. The highest BCUT2D eigenvalue weighted by Crippen LogP contribution is 2.34. The van der Waals surface area contributed by atoms with Crippen LogP contribution in [0.1, 0.15) is 25.7 Å². The van der Waals surface area contributed by atoms with Crippen LogP contribution in [-0.2, 0) is 7.05 Å². The van der Waals surface area contributed by atoms with E-state index in [-0.39, 0.29) is 0 Å². The van der Waals surface area contributed by atoms with Crippen molar-refractivity contribution in [2.45, 2.75) is 25.7 Å². The Labute approximate surface area is 152 Å². The van der Waals surface area contributed by atoms with Crippen molar-refractivity contribution in [2.24, 2.45) is 7.05 Å². The Bertz CT molecular complexity index is 922. The number of aromatic nitrogens is 5. The highest BCUT2D eigenvalue weighted by atomic mass is 15.3. The predicted octanol–water partition coefficient (Wildman–Crippen LogP) is 2.63. The number of nitrogens with zero attached hydrogens (tertiary/aromatic N) is 7. The molecule has 0 spiro atoms. The summed E-state index contributed by atoms with van der Waals surface area (Å²) in [5, 5.41) is 1.11. The minimum atomic E-state index is 0.864. The number of anilines is 2. The number of fused-ring (bicyclic) bond motifs is 1. The standard InChI is InChI=1S/C19H23N7/c1-24-16(15-13-20-6-7-21-15)12-14-17(24)22-19(26-10-4-5-11-26)23-18(14)25-8-2-3-9-25/h6-7,12-13H,2-5,8-11H2,1H3. The predicted molar refractivity (Wildman–Crippen MR) is 102 cm³/mol. The number of hydrogen-bond donors (Lipinski definition) is 0. The molecule has 3 aromatic heterocycles. The molecule has 0 aliphatic carbocycles. The summed E-state index contributed by atoms with van der Waals surface area (Å²) < 4.78 is 2.13. The Morgan fingerprint density at radius 1 is 0.885 bits per heavy atom. The van der Waals surface area contributed by atoms with Gasteiger partial charge in [0.2, 0.25) is 5.95 Å². The molecule has 2 aliphatic heterocycles. The molecule has 0 atom stereocenters. The quantitative estimate of drug-likeness (QED) is 0.724. The van der Waals surface area contributed by atoms with Gasteiger partial charge in [-0.15, -0.1) is 0 Å². The monoisotopic (exact) mass is 349 g/mol. The molecular formula is C19H23N7. The molecule has 0 amide bonds.